The summed E-state index contributed by atoms with van der Waals surface area (Å²) in [4.78, 5) is 20.4. The molecule has 5 rings (SSSR count). The number of furan rings is 1. The van der Waals surface area contributed by atoms with Crippen molar-refractivity contribution in [1.82, 2.24) is 19.6 Å². The van der Waals surface area contributed by atoms with Gasteiger partial charge >= 0.3 is 18.2 Å². The maximum atomic E-state index is 13.8. The van der Waals surface area contributed by atoms with E-state index in [4.69, 9.17) is 9.15 Å². The van der Waals surface area contributed by atoms with Crippen LogP contribution in [0.3, 0.4) is 0 Å². The summed E-state index contributed by atoms with van der Waals surface area (Å²) in [5.74, 6) is -1.70. The smallest absolute Gasteiger partial charge is 0.433 e. The van der Waals surface area contributed by atoms with E-state index >= 15 is 0 Å². The first kappa shape index (κ1) is 25.0. The van der Waals surface area contributed by atoms with Gasteiger partial charge in [0.2, 0.25) is 0 Å². The van der Waals surface area contributed by atoms with E-state index in [9.17, 15) is 23.1 Å². The third-order valence-corrected chi connectivity index (χ3v) is 5.86. The number of halogens is 3. The Morgan fingerprint density at radius 1 is 1.00 bits per heavy atom. The number of aromatic carboxylic acids is 1. The normalized spacial score (nSPS) is 12.2. The van der Waals surface area contributed by atoms with Crippen molar-refractivity contribution in [2.24, 2.45) is 0 Å². The zero-order chi connectivity index (χ0) is 27.2. The number of nitrogens with zero attached hydrogens (tertiary/aromatic N) is 4. The molecule has 0 aliphatic rings. The van der Waals surface area contributed by atoms with E-state index in [0.29, 0.717) is 15.6 Å². The van der Waals surface area contributed by atoms with Gasteiger partial charge in [0.25, 0.3) is 5.78 Å². The van der Waals surface area contributed by atoms with E-state index in [0.717, 1.165) is 11.6 Å². The quantitative estimate of drug-likeness (QED) is 0.269. The second-order valence-electron chi connectivity index (χ2n) is 9.52. The van der Waals surface area contributed by atoms with E-state index in [-0.39, 0.29) is 28.2 Å². The molecule has 0 aliphatic carbocycles. The van der Waals surface area contributed by atoms with Crippen LogP contribution in [-0.2, 0) is 11.6 Å². The molecule has 1 N–H and O–H groups in total. The van der Waals surface area contributed by atoms with Crippen molar-refractivity contribution >= 4 is 11.7 Å². The Labute approximate surface area is 214 Å². The van der Waals surface area contributed by atoms with Gasteiger partial charge in [0, 0.05) is 0 Å². The van der Waals surface area contributed by atoms with Crippen LogP contribution in [0, 0.1) is 0 Å². The Hall–Kier alpha value is -4.67. The molecule has 2 aromatic carbocycles. The van der Waals surface area contributed by atoms with Crippen LogP contribution in [0.15, 0.2) is 71.3 Å². The summed E-state index contributed by atoms with van der Waals surface area (Å²) in [6.45, 7) is 6.20. The predicted molar refractivity (Wildman–Crippen MR) is 131 cm³/mol. The number of carboxylic acid groups (broad SMARTS) is 1. The van der Waals surface area contributed by atoms with Crippen LogP contribution in [0.25, 0.3) is 28.4 Å². The highest BCUT2D eigenvalue weighted by Crippen LogP contribution is 2.36. The van der Waals surface area contributed by atoms with Gasteiger partial charge in [-0.15, -0.1) is 5.10 Å². The molecule has 0 saturated heterocycles. The first-order valence-corrected chi connectivity index (χ1v) is 11.5. The zero-order valence-electron chi connectivity index (χ0n) is 20.4. The Morgan fingerprint density at radius 2 is 1.74 bits per heavy atom. The van der Waals surface area contributed by atoms with Crippen LogP contribution in [0.2, 0.25) is 0 Å². The van der Waals surface area contributed by atoms with Gasteiger partial charge in [0.1, 0.15) is 17.0 Å². The van der Waals surface area contributed by atoms with E-state index in [1.54, 1.807) is 12.1 Å². The number of rotatable bonds is 5. The van der Waals surface area contributed by atoms with Crippen molar-refractivity contribution in [3.63, 3.8) is 0 Å². The molecule has 8 nitrogen and oxygen atoms in total. The molecule has 3 heterocycles. The molecule has 38 heavy (non-hydrogen) atoms. The van der Waals surface area contributed by atoms with Crippen molar-refractivity contribution in [3.05, 3.63) is 83.7 Å². The standard InChI is InChI=1S/C27H21F3N4O4/c1-26(2,3)16-11-9-15(10-12-16)17-6-4-7-20(22(17)23(35)36)38-25-32-24-31-18(19-8-5-13-37-19)14-21(27(28,29)30)34(24)33-25/h4-14H,1-3H3,(H,35,36). The number of hydrogen-bond acceptors (Lipinski definition) is 6. The topological polar surface area (TPSA) is 103 Å². The molecule has 5 aromatic rings. The molecule has 0 aliphatic heterocycles. The summed E-state index contributed by atoms with van der Waals surface area (Å²) in [6, 6.07) is 15.3. The SMILES string of the molecule is CC(C)(C)c1ccc(-c2cccc(Oc3nc4nc(-c5ccco5)cc(C(F)(F)F)n4n3)c2C(=O)O)cc1. The van der Waals surface area contributed by atoms with E-state index in [1.807, 2.05) is 24.3 Å². The summed E-state index contributed by atoms with van der Waals surface area (Å²) in [7, 11) is 0. The summed E-state index contributed by atoms with van der Waals surface area (Å²) in [5, 5.41) is 13.8. The second-order valence-corrected chi connectivity index (χ2v) is 9.52. The molecule has 11 heteroatoms. The maximum Gasteiger partial charge on any atom is 0.433 e. The molecule has 0 amide bonds. The van der Waals surface area contributed by atoms with Gasteiger partial charge in [-0.05, 0) is 46.4 Å². The lowest BCUT2D eigenvalue weighted by Crippen LogP contribution is -2.13. The van der Waals surface area contributed by atoms with Crippen molar-refractivity contribution < 1.29 is 32.2 Å². The second kappa shape index (κ2) is 9.02. The minimum absolute atomic E-state index is 0.0893. The van der Waals surface area contributed by atoms with Crippen molar-refractivity contribution in [3.8, 4) is 34.3 Å². The molecule has 0 unspecified atom stereocenters. The molecule has 0 bridgehead atoms. The van der Waals surface area contributed by atoms with E-state index in [1.165, 1.54) is 24.5 Å². The van der Waals surface area contributed by atoms with Crippen LogP contribution in [0.5, 0.6) is 11.8 Å². The summed E-state index contributed by atoms with van der Waals surface area (Å²) in [6.07, 6.45) is -3.48. The third-order valence-electron chi connectivity index (χ3n) is 5.86. The summed E-state index contributed by atoms with van der Waals surface area (Å²) >= 11 is 0. The minimum atomic E-state index is -4.79. The molecular formula is C27H21F3N4O4. The predicted octanol–water partition coefficient (Wildman–Crippen LogP) is 6.86. The molecule has 0 spiro atoms. The number of carbonyl (C=O) groups is 1. The van der Waals surface area contributed by atoms with Gasteiger partial charge in [-0.2, -0.15) is 22.7 Å². The van der Waals surface area contributed by atoms with Gasteiger partial charge in [-0.3, -0.25) is 0 Å². The minimum Gasteiger partial charge on any atom is -0.478 e. The first-order valence-electron chi connectivity index (χ1n) is 11.5. The lowest BCUT2D eigenvalue weighted by Gasteiger charge is -2.19. The monoisotopic (exact) mass is 522 g/mol. The van der Waals surface area contributed by atoms with Crippen LogP contribution in [0.4, 0.5) is 13.2 Å². The number of hydrogen-bond donors (Lipinski definition) is 1. The number of carboxylic acids is 1. The van der Waals surface area contributed by atoms with Gasteiger partial charge in [0.05, 0.1) is 6.26 Å². The number of aromatic nitrogens is 4. The summed E-state index contributed by atoms with van der Waals surface area (Å²) < 4.78 is 52.8. The lowest BCUT2D eigenvalue weighted by molar-refractivity contribution is -0.142. The van der Waals surface area contributed by atoms with E-state index < -0.39 is 29.6 Å². The molecular weight excluding hydrogens is 501 g/mol. The molecule has 3 aromatic heterocycles. The largest absolute Gasteiger partial charge is 0.478 e. The fraction of sp³-hybridized carbons (Fsp3) is 0.185. The number of ether oxygens (including phenoxy) is 1. The summed E-state index contributed by atoms with van der Waals surface area (Å²) in [5.41, 5.74) is 0.550. The lowest BCUT2D eigenvalue weighted by atomic mass is 9.86. The number of alkyl halides is 3. The van der Waals surface area contributed by atoms with Gasteiger partial charge in [0.15, 0.2) is 11.5 Å². The Kier molecular flexibility index (Phi) is 5.93. The fourth-order valence-corrected chi connectivity index (χ4v) is 3.97. The van der Waals surface area contributed by atoms with Gasteiger partial charge in [-0.1, -0.05) is 57.2 Å². The Balaban J connectivity index is 1.58. The number of fused-ring (bicyclic) bond motifs is 1. The van der Waals surface area contributed by atoms with Crippen LogP contribution >= 0.6 is 0 Å². The Morgan fingerprint density at radius 3 is 2.34 bits per heavy atom. The fourth-order valence-electron chi connectivity index (χ4n) is 3.97. The Bertz CT molecular complexity index is 1630. The van der Waals surface area contributed by atoms with E-state index in [2.05, 4.69) is 35.8 Å². The van der Waals surface area contributed by atoms with Crippen LogP contribution < -0.4 is 4.74 Å². The van der Waals surface area contributed by atoms with Crippen molar-refractivity contribution in [2.45, 2.75) is 32.4 Å². The molecule has 0 atom stereocenters. The first-order chi connectivity index (χ1) is 17.9. The average molecular weight is 522 g/mol. The van der Waals surface area contributed by atoms with Crippen molar-refractivity contribution in [2.75, 3.05) is 0 Å². The highest BCUT2D eigenvalue weighted by molar-refractivity contribution is 5.99. The van der Waals surface area contributed by atoms with Crippen molar-refractivity contribution in [1.29, 1.82) is 0 Å². The van der Waals surface area contributed by atoms with Gasteiger partial charge in [-0.25, -0.2) is 9.78 Å². The zero-order valence-corrected chi connectivity index (χ0v) is 20.4. The number of benzene rings is 2. The molecule has 0 radical (unpaired) electrons. The highest BCUT2D eigenvalue weighted by atomic mass is 19.4. The average Bonchev–Trinajstić information content (AvgIpc) is 3.52. The molecule has 0 fully saturated rings. The van der Waals surface area contributed by atoms with Crippen LogP contribution in [0.1, 0.15) is 42.4 Å². The van der Waals surface area contributed by atoms with Gasteiger partial charge < -0.3 is 14.3 Å². The highest BCUT2D eigenvalue weighted by Gasteiger charge is 2.36. The molecule has 194 valence electrons. The molecule has 0 saturated carbocycles. The van der Waals surface area contributed by atoms with Crippen LogP contribution in [-0.4, -0.2) is 30.7 Å². The third kappa shape index (κ3) is 4.70. The maximum absolute atomic E-state index is 13.8.